The van der Waals surface area contributed by atoms with E-state index in [0.717, 1.165) is 50.9 Å². The van der Waals surface area contributed by atoms with Gasteiger partial charge < -0.3 is 4.90 Å². The van der Waals surface area contributed by atoms with E-state index in [-0.39, 0.29) is 0 Å². The van der Waals surface area contributed by atoms with E-state index in [2.05, 4.69) is 210 Å². The lowest BCUT2D eigenvalue weighted by Crippen LogP contribution is -2.50. The lowest BCUT2D eigenvalue weighted by Gasteiger charge is -2.50. The number of benzene rings is 6. The van der Waals surface area contributed by atoms with Gasteiger partial charge in [0.05, 0.1) is 34.1 Å². The van der Waals surface area contributed by atoms with Gasteiger partial charge in [-0.2, -0.15) is 0 Å². The minimum atomic E-state index is -1.05. The number of aromatic nitrogens is 3. The molecule has 6 heterocycles. The quantitative estimate of drug-likeness (QED) is 0.156. The standard InChI is InChI=1S/C57H45N4P3/c1-34-16-22-43(23-17-34)62-49-28-40(46-13-7-10-37(4)58-46)30-51-55(49)61-56-50(62)29-41(47-14-8-11-38(5)59-47)31-52(56)64(45-26-20-36(3)21-27-45)54-33-42(48-15-9-12-39(6)60-48)32-53(57(54)61)63(51)44-24-18-35(2)19-25-44/h7-33H,1-6H3. The summed E-state index contributed by atoms with van der Waals surface area (Å²) in [7, 11) is -3.15. The van der Waals surface area contributed by atoms with E-state index in [0.29, 0.717) is 0 Å². The fourth-order valence-electron chi connectivity index (χ4n) is 9.72. The first-order chi connectivity index (χ1) is 31.2. The van der Waals surface area contributed by atoms with Gasteiger partial charge in [-0.25, -0.2) is 0 Å². The first kappa shape index (κ1) is 39.5. The van der Waals surface area contributed by atoms with Crippen LogP contribution in [0.1, 0.15) is 33.8 Å². The number of anilines is 3. The molecule has 0 bridgehead atoms. The van der Waals surface area contributed by atoms with Crippen LogP contribution in [0.15, 0.2) is 164 Å². The van der Waals surface area contributed by atoms with Crippen LogP contribution >= 0.6 is 23.8 Å². The van der Waals surface area contributed by atoms with E-state index in [9.17, 15) is 0 Å². The van der Waals surface area contributed by atoms with Crippen molar-refractivity contribution in [3.63, 3.8) is 0 Å². The molecule has 3 aliphatic heterocycles. The second-order valence-electron chi connectivity index (χ2n) is 17.4. The number of hydrogen-bond donors (Lipinski definition) is 0. The second kappa shape index (κ2) is 15.3. The van der Waals surface area contributed by atoms with Gasteiger partial charge in [-0.15, -0.1) is 0 Å². The highest BCUT2D eigenvalue weighted by Crippen LogP contribution is 2.60. The third kappa shape index (κ3) is 6.42. The smallest absolute Gasteiger partial charge is 0.0705 e. The van der Waals surface area contributed by atoms with Crippen LogP contribution in [-0.2, 0) is 0 Å². The molecule has 3 aliphatic rings. The topological polar surface area (TPSA) is 41.9 Å². The molecule has 0 fully saturated rings. The predicted molar refractivity (Wildman–Crippen MR) is 276 cm³/mol. The number of rotatable bonds is 6. The van der Waals surface area contributed by atoms with Gasteiger partial charge in [0.2, 0.25) is 0 Å². The maximum absolute atomic E-state index is 5.20. The summed E-state index contributed by atoms with van der Waals surface area (Å²) in [5.41, 5.74) is 17.4. The van der Waals surface area contributed by atoms with Crippen LogP contribution < -0.4 is 52.6 Å². The fraction of sp³-hybridized carbons (Fsp3) is 0.105. The molecule has 0 saturated carbocycles. The van der Waals surface area contributed by atoms with Gasteiger partial charge in [-0.1, -0.05) is 108 Å². The van der Waals surface area contributed by atoms with Crippen LogP contribution in [0.25, 0.3) is 33.8 Å². The van der Waals surface area contributed by atoms with Crippen LogP contribution in [0, 0.1) is 41.5 Å². The zero-order chi connectivity index (χ0) is 43.4. The van der Waals surface area contributed by atoms with E-state index >= 15 is 0 Å². The number of aryl methyl sites for hydroxylation is 6. The molecule has 0 spiro atoms. The number of pyridine rings is 3. The summed E-state index contributed by atoms with van der Waals surface area (Å²) in [5.74, 6) is 0. The highest BCUT2D eigenvalue weighted by atomic mass is 31.1. The molecule has 12 rings (SSSR count). The van der Waals surface area contributed by atoms with Crippen molar-refractivity contribution in [3.05, 3.63) is 198 Å². The van der Waals surface area contributed by atoms with Crippen LogP contribution in [0.3, 0.4) is 0 Å². The zero-order valence-electron chi connectivity index (χ0n) is 36.7. The van der Waals surface area contributed by atoms with Gasteiger partial charge in [0.25, 0.3) is 0 Å². The molecule has 7 heteroatoms. The Balaban J connectivity index is 1.28. The summed E-state index contributed by atoms with van der Waals surface area (Å²) in [5, 5.41) is 12.3. The lowest BCUT2D eigenvalue weighted by atomic mass is 10.0. The third-order valence-electron chi connectivity index (χ3n) is 12.8. The van der Waals surface area contributed by atoms with Crippen molar-refractivity contribution in [1.29, 1.82) is 0 Å². The molecule has 6 aromatic carbocycles. The summed E-state index contributed by atoms with van der Waals surface area (Å²) < 4.78 is 0. The molecule has 0 saturated heterocycles. The average Bonchev–Trinajstić information content (AvgIpc) is 3.30. The molecule has 0 atom stereocenters. The normalized spacial score (nSPS) is 16.4. The van der Waals surface area contributed by atoms with Crippen LogP contribution in [0.5, 0.6) is 0 Å². The van der Waals surface area contributed by atoms with E-state index in [4.69, 9.17) is 15.0 Å². The maximum atomic E-state index is 5.20. The molecular weight excluding hydrogens is 834 g/mol. The molecule has 0 aliphatic carbocycles. The molecule has 0 N–H and O–H groups in total. The Kier molecular flexibility index (Phi) is 9.40. The zero-order valence-corrected chi connectivity index (χ0v) is 39.4. The second-order valence-corrected chi connectivity index (χ2v) is 23.9. The molecule has 308 valence electrons. The summed E-state index contributed by atoms with van der Waals surface area (Å²) in [6.45, 7) is 12.9. The minimum Gasteiger partial charge on any atom is -0.306 e. The molecule has 64 heavy (non-hydrogen) atoms. The summed E-state index contributed by atoms with van der Waals surface area (Å²) in [6, 6.07) is 62.5. The molecule has 0 radical (unpaired) electrons. The van der Waals surface area contributed by atoms with Crippen molar-refractivity contribution >= 4 is 88.6 Å². The van der Waals surface area contributed by atoms with Crippen LogP contribution in [-0.4, -0.2) is 15.0 Å². The van der Waals surface area contributed by atoms with Gasteiger partial charge in [0.1, 0.15) is 0 Å². The Labute approximate surface area is 379 Å². The lowest BCUT2D eigenvalue weighted by molar-refractivity contribution is 1.20. The molecule has 0 amide bonds. The fourth-order valence-corrected chi connectivity index (χ4v) is 18.0. The monoisotopic (exact) mass is 878 g/mol. The van der Waals surface area contributed by atoms with Crippen molar-refractivity contribution in [2.24, 2.45) is 0 Å². The van der Waals surface area contributed by atoms with Gasteiger partial charge in [0.15, 0.2) is 0 Å². The van der Waals surface area contributed by atoms with Crippen molar-refractivity contribution < 1.29 is 0 Å². The largest absolute Gasteiger partial charge is 0.306 e. The highest BCUT2D eigenvalue weighted by molar-refractivity contribution is 7.84. The Morgan fingerprint density at radius 3 is 0.797 bits per heavy atom. The van der Waals surface area contributed by atoms with Crippen molar-refractivity contribution in [1.82, 2.24) is 15.0 Å². The summed E-state index contributed by atoms with van der Waals surface area (Å²) in [4.78, 5) is 18.3. The Bertz CT molecular complexity index is 2930. The Morgan fingerprint density at radius 1 is 0.312 bits per heavy atom. The van der Waals surface area contributed by atoms with Gasteiger partial charge in [0, 0.05) is 65.6 Å². The van der Waals surface area contributed by atoms with Gasteiger partial charge in [-0.3, -0.25) is 15.0 Å². The molecule has 4 nitrogen and oxygen atoms in total. The predicted octanol–water partition coefficient (Wildman–Crippen LogP) is 10.4. The van der Waals surface area contributed by atoms with E-state index in [1.807, 2.05) is 0 Å². The molecule has 9 aromatic rings. The summed E-state index contributed by atoms with van der Waals surface area (Å²) >= 11 is 0. The van der Waals surface area contributed by atoms with E-state index < -0.39 is 23.8 Å². The van der Waals surface area contributed by atoms with Crippen LogP contribution in [0.2, 0.25) is 0 Å². The maximum Gasteiger partial charge on any atom is 0.0705 e. The Morgan fingerprint density at radius 2 is 0.562 bits per heavy atom. The third-order valence-corrected chi connectivity index (χ3v) is 20.1. The van der Waals surface area contributed by atoms with E-state index in [1.54, 1.807) is 0 Å². The minimum absolute atomic E-state index is 1.01. The van der Waals surface area contributed by atoms with Crippen molar-refractivity contribution in [2.75, 3.05) is 4.90 Å². The Hall–Kier alpha value is -6.14. The first-order valence-corrected chi connectivity index (χ1v) is 26.0. The molecular formula is C57H45N4P3. The molecule has 0 unspecified atom stereocenters. The average molecular weight is 879 g/mol. The van der Waals surface area contributed by atoms with Gasteiger partial charge in [-0.05, 0) is 154 Å². The first-order valence-electron chi connectivity index (χ1n) is 21.9. The van der Waals surface area contributed by atoms with Gasteiger partial charge >= 0.3 is 0 Å². The number of nitrogens with zero attached hydrogens (tertiary/aromatic N) is 4. The molecule has 3 aromatic heterocycles. The van der Waals surface area contributed by atoms with E-state index in [1.165, 1.54) is 81.5 Å². The number of hydrogen-bond acceptors (Lipinski definition) is 4. The summed E-state index contributed by atoms with van der Waals surface area (Å²) in [6.07, 6.45) is 0. The van der Waals surface area contributed by atoms with Crippen molar-refractivity contribution in [2.45, 2.75) is 41.5 Å². The van der Waals surface area contributed by atoms with Crippen LogP contribution in [0.4, 0.5) is 17.1 Å². The highest BCUT2D eigenvalue weighted by Gasteiger charge is 2.48. The van der Waals surface area contributed by atoms with Crippen molar-refractivity contribution in [3.8, 4) is 33.8 Å². The SMILES string of the molecule is Cc1ccc(P2c3cc(-c4cccc(C)n4)cc4c3N3c5c2cc(-c2cccc(C)n2)cc5P(c2ccc(C)cc2)c2cc(-c5cccc(C)n5)cc(c23)P4c2ccc(C)cc2)cc1.